The van der Waals surface area contributed by atoms with Crippen LogP contribution in [0.2, 0.25) is 10.0 Å². The first-order valence-corrected chi connectivity index (χ1v) is 12.6. The molecule has 0 amide bonds. The maximum Gasteiger partial charge on any atom is 0.417 e. The van der Waals surface area contributed by atoms with Gasteiger partial charge in [0.25, 0.3) is 0 Å². The van der Waals surface area contributed by atoms with Gasteiger partial charge in [-0.2, -0.15) is 43.9 Å². The largest absolute Gasteiger partial charge is 0.488 e. The van der Waals surface area contributed by atoms with Crippen molar-refractivity contribution in [2.24, 2.45) is 5.92 Å². The van der Waals surface area contributed by atoms with E-state index in [1.54, 1.807) is 6.07 Å². The van der Waals surface area contributed by atoms with Crippen LogP contribution >= 0.6 is 23.2 Å². The van der Waals surface area contributed by atoms with Gasteiger partial charge in [0.2, 0.25) is 0 Å². The molecule has 1 fully saturated rings. The first kappa shape index (κ1) is 34.0. The fourth-order valence-corrected chi connectivity index (χ4v) is 4.79. The number of fused-ring (bicyclic) bond motifs is 3. The minimum absolute atomic E-state index is 0.0619. The fraction of sp³-hybridized carbons (Fsp3) is 0.269. The van der Waals surface area contributed by atoms with Gasteiger partial charge in [0, 0.05) is 23.6 Å². The maximum absolute atomic E-state index is 13.0. The van der Waals surface area contributed by atoms with Crippen LogP contribution in [-0.2, 0) is 17.1 Å². The van der Waals surface area contributed by atoms with Crippen molar-refractivity contribution in [3.05, 3.63) is 75.0 Å². The van der Waals surface area contributed by atoms with Gasteiger partial charge in [0.15, 0.2) is 23.1 Å². The van der Waals surface area contributed by atoms with E-state index in [9.17, 15) is 53.1 Å². The molecule has 1 heterocycles. The van der Waals surface area contributed by atoms with Crippen LogP contribution in [0.1, 0.15) is 22.6 Å². The number of hydrogen-bond acceptors (Lipinski definition) is 5. The van der Waals surface area contributed by atoms with E-state index in [-0.39, 0.29) is 23.8 Å². The van der Waals surface area contributed by atoms with Crippen LogP contribution in [0.5, 0.6) is 28.7 Å². The Morgan fingerprint density at radius 3 is 1.87 bits per heavy atom. The van der Waals surface area contributed by atoms with Gasteiger partial charge in [-0.25, -0.2) is 4.39 Å². The summed E-state index contributed by atoms with van der Waals surface area (Å²) in [6.45, 7) is -6.81. The molecule has 6 nitrogen and oxygen atoms in total. The number of halogens is 13. The van der Waals surface area contributed by atoms with Crippen LogP contribution in [0.15, 0.2) is 42.5 Å². The summed E-state index contributed by atoms with van der Waals surface area (Å²) in [6.07, 6.45) is -10.2. The van der Waals surface area contributed by atoms with Gasteiger partial charge in [-0.15, -0.1) is 0 Å². The molecule has 0 spiro atoms. The molecule has 3 unspecified atom stereocenters. The number of carboxylic acids is 1. The highest BCUT2D eigenvalue weighted by atomic mass is 35.5. The summed E-state index contributed by atoms with van der Waals surface area (Å²) in [6, 6.07) is 5.77. The smallest absolute Gasteiger partial charge is 0.417 e. The molecule has 0 bridgehead atoms. The molecule has 1 aliphatic carbocycles. The number of aliphatic carboxylic acids is 1. The average molecular weight is 701 g/mol. The second-order valence-electron chi connectivity index (χ2n) is 9.07. The number of alkyl halides is 10. The Kier molecular flexibility index (Phi) is 9.45. The molecule has 244 valence electrons. The topological polar surface area (TPSA) is 74.2 Å². The van der Waals surface area contributed by atoms with E-state index < -0.39 is 87.8 Å². The van der Waals surface area contributed by atoms with Gasteiger partial charge in [-0.3, -0.25) is 4.79 Å². The Labute approximate surface area is 253 Å². The number of ether oxygens (including phenoxy) is 4. The summed E-state index contributed by atoms with van der Waals surface area (Å²) in [5.41, 5.74) is -2.13. The molecule has 3 aromatic rings. The van der Waals surface area contributed by atoms with Crippen LogP contribution in [0, 0.1) is 11.7 Å². The summed E-state index contributed by atoms with van der Waals surface area (Å²) in [4.78, 5) is 11.1. The van der Waals surface area contributed by atoms with Gasteiger partial charge in [-0.1, -0.05) is 29.3 Å². The summed E-state index contributed by atoms with van der Waals surface area (Å²) in [7, 11) is 0. The Hall–Kier alpha value is -3.86. The van der Waals surface area contributed by atoms with Crippen molar-refractivity contribution in [2.75, 3.05) is 0 Å². The predicted octanol–water partition coefficient (Wildman–Crippen LogP) is 9.41. The first-order chi connectivity index (χ1) is 20.8. The normalized spacial score (nSPS) is 18.4. The zero-order valence-electron chi connectivity index (χ0n) is 21.3. The van der Waals surface area contributed by atoms with Crippen molar-refractivity contribution in [1.82, 2.24) is 0 Å². The lowest BCUT2D eigenvalue weighted by molar-refractivity contribution is -0.139. The Morgan fingerprint density at radius 2 is 1.33 bits per heavy atom. The van der Waals surface area contributed by atoms with Crippen molar-refractivity contribution < 1.29 is 77.1 Å². The van der Waals surface area contributed by atoms with Gasteiger partial charge in [0.05, 0.1) is 21.2 Å². The third kappa shape index (κ3) is 7.69. The summed E-state index contributed by atoms with van der Waals surface area (Å²) >= 11 is 10.7. The van der Waals surface area contributed by atoms with Gasteiger partial charge in [0.1, 0.15) is 23.5 Å². The van der Waals surface area contributed by atoms with Crippen molar-refractivity contribution in [1.29, 1.82) is 0 Å². The minimum atomic E-state index is -4.88. The monoisotopic (exact) mass is 700 g/mol. The lowest BCUT2D eigenvalue weighted by atomic mass is 10.1. The van der Waals surface area contributed by atoms with E-state index in [0.29, 0.717) is 17.4 Å². The highest BCUT2D eigenvalue weighted by Crippen LogP contribution is 2.59. The van der Waals surface area contributed by atoms with Crippen molar-refractivity contribution in [3.8, 4) is 28.7 Å². The SMILES string of the molecule is Fc1cc(Cl)c(C(F)(F)F)cc1OC(F)F.O=C(O)C1C2Oc3cc(Oc4cc(Cl)c(C(F)(F)F)cc4OC(F)F)ccc3C21. The summed E-state index contributed by atoms with van der Waals surface area (Å²) < 4.78 is 156. The summed E-state index contributed by atoms with van der Waals surface area (Å²) in [5, 5.41) is 7.39. The highest BCUT2D eigenvalue weighted by molar-refractivity contribution is 6.32. The third-order valence-corrected chi connectivity index (χ3v) is 6.80. The van der Waals surface area contributed by atoms with Gasteiger partial charge >= 0.3 is 31.5 Å². The van der Waals surface area contributed by atoms with Crippen LogP contribution in [0.3, 0.4) is 0 Å². The molecule has 3 aromatic carbocycles. The Morgan fingerprint density at radius 1 is 0.800 bits per heavy atom. The van der Waals surface area contributed by atoms with Crippen molar-refractivity contribution >= 4 is 29.2 Å². The molecular weight excluding hydrogens is 688 g/mol. The van der Waals surface area contributed by atoms with Gasteiger partial charge < -0.3 is 24.1 Å². The molecule has 0 saturated heterocycles. The number of carbonyl (C=O) groups is 1. The fourth-order valence-electron chi connectivity index (χ4n) is 4.28. The third-order valence-electron chi connectivity index (χ3n) is 6.17. The molecule has 45 heavy (non-hydrogen) atoms. The molecular formula is C26H13Cl2F11O6. The molecule has 0 aromatic heterocycles. The molecule has 1 aliphatic heterocycles. The standard InChI is InChI=1S/C18H10ClF5O5.C8H3ClF6O/c19-9-5-12(11(29-17(20)21)4-8(9)18(22,23)24)27-6-1-2-7-10(3-6)28-15-13(7)14(15)16(25)26;9-4-2-5(10)6(16-7(11)12)1-3(4)8(13,14)15/h1-5,13-15,17H,(H,25,26);1-2,7H. The molecule has 0 radical (unpaired) electrons. The van der Waals surface area contributed by atoms with E-state index in [1.165, 1.54) is 12.1 Å². The van der Waals surface area contributed by atoms with E-state index in [2.05, 4.69) is 9.47 Å². The highest BCUT2D eigenvalue weighted by Gasteiger charge is 2.63. The van der Waals surface area contributed by atoms with Crippen LogP contribution in [0.4, 0.5) is 48.3 Å². The molecule has 1 saturated carbocycles. The molecule has 2 aliphatic rings. The quantitative estimate of drug-likeness (QED) is 0.248. The lowest BCUT2D eigenvalue weighted by Gasteiger charge is -2.16. The van der Waals surface area contributed by atoms with E-state index >= 15 is 0 Å². The van der Waals surface area contributed by atoms with Crippen LogP contribution < -0.4 is 18.9 Å². The molecule has 19 heteroatoms. The number of hydrogen-bond donors (Lipinski definition) is 1. The van der Waals surface area contributed by atoms with Crippen molar-refractivity contribution in [3.63, 3.8) is 0 Å². The molecule has 1 N–H and O–H groups in total. The summed E-state index contributed by atoms with van der Waals surface area (Å²) in [5.74, 6) is -5.36. The first-order valence-electron chi connectivity index (χ1n) is 11.9. The number of benzene rings is 3. The Bertz CT molecular complexity index is 1600. The van der Waals surface area contributed by atoms with Crippen LogP contribution in [0.25, 0.3) is 0 Å². The molecule has 5 rings (SSSR count). The van der Waals surface area contributed by atoms with Crippen molar-refractivity contribution in [2.45, 2.75) is 37.6 Å². The minimum Gasteiger partial charge on any atom is -0.488 e. The second-order valence-corrected chi connectivity index (χ2v) is 9.88. The van der Waals surface area contributed by atoms with Gasteiger partial charge in [-0.05, 0) is 24.3 Å². The average Bonchev–Trinajstić information content (AvgIpc) is 3.48. The second kappa shape index (κ2) is 12.5. The lowest BCUT2D eigenvalue weighted by Crippen LogP contribution is -2.09. The number of rotatable bonds is 7. The predicted molar refractivity (Wildman–Crippen MR) is 131 cm³/mol. The van der Waals surface area contributed by atoms with Crippen LogP contribution in [-0.4, -0.2) is 30.4 Å². The maximum atomic E-state index is 13.0. The zero-order chi connectivity index (χ0) is 33.6. The van der Waals surface area contributed by atoms with E-state index in [0.717, 1.165) is 6.07 Å². The Balaban J connectivity index is 0.000000245. The molecule has 3 atom stereocenters. The van der Waals surface area contributed by atoms with E-state index in [1.807, 2.05) is 0 Å². The van der Waals surface area contributed by atoms with E-state index in [4.69, 9.17) is 37.8 Å². The zero-order valence-corrected chi connectivity index (χ0v) is 22.8. The number of carboxylic acid groups (broad SMARTS) is 1.